The Balaban J connectivity index is 0.00000312. The third kappa shape index (κ3) is 5.77. The van der Waals surface area contributed by atoms with Crippen molar-refractivity contribution in [3.05, 3.63) is 23.8 Å². The van der Waals surface area contributed by atoms with Crippen LogP contribution in [-0.2, 0) is 4.74 Å². The quantitative estimate of drug-likeness (QED) is 0.552. The van der Waals surface area contributed by atoms with Crippen LogP contribution >= 0.6 is 12.4 Å². The summed E-state index contributed by atoms with van der Waals surface area (Å²) in [5.74, 6) is 0.372. The number of ether oxygens (including phenoxy) is 2. The molecule has 0 aliphatic carbocycles. The van der Waals surface area contributed by atoms with Crippen molar-refractivity contribution in [3.63, 3.8) is 0 Å². The van der Waals surface area contributed by atoms with E-state index < -0.39 is 0 Å². The lowest BCUT2D eigenvalue weighted by molar-refractivity contribution is 0.0953. The van der Waals surface area contributed by atoms with Gasteiger partial charge in [0.05, 0.1) is 19.4 Å². The van der Waals surface area contributed by atoms with Crippen LogP contribution in [0.1, 0.15) is 10.4 Å². The van der Waals surface area contributed by atoms with Gasteiger partial charge in [-0.3, -0.25) is 9.69 Å². The number of urea groups is 1. The molecule has 0 saturated carbocycles. The van der Waals surface area contributed by atoms with Crippen LogP contribution in [0.3, 0.4) is 0 Å². The molecule has 1 aromatic rings. The molecule has 1 saturated heterocycles. The number of carbonyl (C=O) groups excluding carboxylic acids is 2. The number of nitrogens with one attached hydrogen (secondary N) is 3. The highest BCUT2D eigenvalue weighted by Crippen LogP contribution is 2.30. The molecule has 0 spiro atoms. The van der Waals surface area contributed by atoms with Crippen molar-refractivity contribution in [2.45, 2.75) is 0 Å². The van der Waals surface area contributed by atoms with Gasteiger partial charge in [-0.25, -0.2) is 4.79 Å². The smallest absolute Gasteiger partial charge is 0.322 e. The van der Waals surface area contributed by atoms with Gasteiger partial charge in [0.1, 0.15) is 5.75 Å². The predicted molar refractivity (Wildman–Crippen MR) is 98.1 cm³/mol. The highest BCUT2D eigenvalue weighted by molar-refractivity contribution is 5.99. The standard InChI is InChI=1S/C16H24N4O4.ClH/c1-23-10-8-17-5-6-18-15(21)12-3-4-14(24-2)13(11-12)20-9-7-19-16(20)22;/h3-4,11,17H,5-10H2,1-2H3,(H,18,21)(H,19,22);1H. The van der Waals surface area contributed by atoms with E-state index in [1.807, 2.05) is 0 Å². The van der Waals surface area contributed by atoms with E-state index in [9.17, 15) is 9.59 Å². The summed E-state index contributed by atoms with van der Waals surface area (Å²) in [5.41, 5.74) is 1.08. The minimum atomic E-state index is -0.188. The Morgan fingerprint density at radius 2 is 2.08 bits per heavy atom. The van der Waals surface area contributed by atoms with E-state index in [2.05, 4.69) is 16.0 Å². The molecule has 8 nitrogen and oxygen atoms in total. The van der Waals surface area contributed by atoms with Gasteiger partial charge in [-0.2, -0.15) is 0 Å². The third-order valence-electron chi connectivity index (χ3n) is 3.66. The lowest BCUT2D eigenvalue weighted by Gasteiger charge is -2.18. The van der Waals surface area contributed by atoms with Gasteiger partial charge in [-0.05, 0) is 18.2 Å². The van der Waals surface area contributed by atoms with Gasteiger partial charge in [-0.15, -0.1) is 12.4 Å². The Hall–Kier alpha value is -2.03. The number of amides is 3. The first-order valence-corrected chi connectivity index (χ1v) is 7.88. The first kappa shape index (κ1) is 21.0. The molecule has 1 heterocycles. The zero-order chi connectivity index (χ0) is 17.4. The van der Waals surface area contributed by atoms with Crippen LogP contribution in [0, 0.1) is 0 Å². The second kappa shape index (κ2) is 10.8. The van der Waals surface area contributed by atoms with Crippen molar-refractivity contribution in [1.29, 1.82) is 0 Å². The van der Waals surface area contributed by atoms with E-state index in [0.29, 0.717) is 49.8 Å². The van der Waals surface area contributed by atoms with Gasteiger partial charge in [-0.1, -0.05) is 0 Å². The van der Waals surface area contributed by atoms with Gasteiger partial charge in [0.15, 0.2) is 0 Å². The zero-order valence-electron chi connectivity index (χ0n) is 14.5. The first-order valence-electron chi connectivity index (χ1n) is 7.88. The van der Waals surface area contributed by atoms with E-state index >= 15 is 0 Å². The lowest BCUT2D eigenvalue weighted by atomic mass is 10.1. The molecule has 25 heavy (non-hydrogen) atoms. The van der Waals surface area contributed by atoms with Crippen LogP contribution in [0.4, 0.5) is 10.5 Å². The van der Waals surface area contributed by atoms with E-state index in [1.165, 1.54) is 7.11 Å². The molecule has 2 rings (SSSR count). The fourth-order valence-corrected chi connectivity index (χ4v) is 2.41. The van der Waals surface area contributed by atoms with Crippen molar-refractivity contribution >= 4 is 30.0 Å². The second-order valence-corrected chi connectivity index (χ2v) is 5.27. The van der Waals surface area contributed by atoms with Crippen LogP contribution in [0.25, 0.3) is 0 Å². The molecular weight excluding hydrogens is 348 g/mol. The normalized spacial score (nSPS) is 13.2. The number of halogens is 1. The van der Waals surface area contributed by atoms with Crippen LogP contribution in [0.2, 0.25) is 0 Å². The summed E-state index contributed by atoms with van der Waals surface area (Å²) in [4.78, 5) is 25.7. The summed E-state index contributed by atoms with van der Waals surface area (Å²) in [5, 5.41) is 8.73. The van der Waals surface area contributed by atoms with Gasteiger partial charge in [0, 0.05) is 45.4 Å². The molecule has 0 unspecified atom stereocenters. The topological polar surface area (TPSA) is 91.9 Å². The minimum Gasteiger partial charge on any atom is -0.495 e. The highest BCUT2D eigenvalue weighted by Gasteiger charge is 2.25. The highest BCUT2D eigenvalue weighted by atomic mass is 35.5. The second-order valence-electron chi connectivity index (χ2n) is 5.27. The largest absolute Gasteiger partial charge is 0.495 e. The summed E-state index contributed by atoms with van der Waals surface area (Å²) in [6.45, 7) is 3.66. The number of hydrogen-bond donors (Lipinski definition) is 3. The van der Waals surface area contributed by atoms with Gasteiger partial charge in [0.2, 0.25) is 0 Å². The Morgan fingerprint density at radius 3 is 2.72 bits per heavy atom. The average Bonchev–Trinajstić information content (AvgIpc) is 3.03. The first-order chi connectivity index (χ1) is 11.7. The van der Waals surface area contributed by atoms with Crippen molar-refractivity contribution < 1.29 is 19.1 Å². The Labute approximate surface area is 153 Å². The number of anilines is 1. The summed E-state index contributed by atoms with van der Waals surface area (Å²) >= 11 is 0. The molecule has 9 heteroatoms. The Bertz CT molecular complexity index is 585. The number of rotatable bonds is 9. The molecule has 1 fully saturated rings. The van der Waals surface area contributed by atoms with E-state index in [0.717, 1.165) is 6.54 Å². The van der Waals surface area contributed by atoms with E-state index in [-0.39, 0.29) is 24.3 Å². The fraction of sp³-hybridized carbons (Fsp3) is 0.500. The fourth-order valence-electron chi connectivity index (χ4n) is 2.41. The van der Waals surface area contributed by atoms with Crippen molar-refractivity contribution in [2.24, 2.45) is 0 Å². The molecule has 3 N–H and O–H groups in total. The van der Waals surface area contributed by atoms with E-state index in [1.54, 1.807) is 30.2 Å². The number of hydrogen-bond acceptors (Lipinski definition) is 5. The number of methoxy groups -OCH3 is 2. The van der Waals surface area contributed by atoms with Crippen molar-refractivity contribution in [1.82, 2.24) is 16.0 Å². The summed E-state index contributed by atoms with van der Waals surface area (Å²) in [6, 6.07) is 4.88. The average molecular weight is 373 g/mol. The molecule has 0 radical (unpaired) electrons. The summed E-state index contributed by atoms with van der Waals surface area (Å²) in [6.07, 6.45) is 0. The summed E-state index contributed by atoms with van der Waals surface area (Å²) in [7, 11) is 3.18. The maximum Gasteiger partial charge on any atom is 0.322 e. The molecule has 1 aliphatic heterocycles. The number of carbonyl (C=O) groups is 2. The SMILES string of the molecule is COCCNCCNC(=O)c1ccc(OC)c(N2CCNC2=O)c1.Cl. The zero-order valence-corrected chi connectivity index (χ0v) is 15.3. The predicted octanol–water partition coefficient (Wildman–Crippen LogP) is 0.612. The van der Waals surface area contributed by atoms with Crippen LogP contribution < -0.4 is 25.6 Å². The molecule has 0 bridgehead atoms. The van der Waals surface area contributed by atoms with Gasteiger partial charge in [0.25, 0.3) is 5.91 Å². The lowest BCUT2D eigenvalue weighted by Crippen LogP contribution is -2.33. The molecule has 1 aromatic carbocycles. The monoisotopic (exact) mass is 372 g/mol. The molecule has 0 aromatic heterocycles. The molecule has 0 atom stereocenters. The molecule has 140 valence electrons. The molecule has 1 aliphatic rings. The van der Waals surface area contributed by atoms with Crippen LogP contribution in [-0.4, -0.2) is 65.5 Å². The third-order valence-corrected chi connectivity index (χ3v) is 3.66. The van der Waals surface area contributed by atoms with Crippen molar-refractivity contribution in [2.75, 3.05) is 58.5 Å². The van der Waals surface area contributed by atoms with Crippen LogP contribution in [0.15, 0.2) is 18.2 Å². The van der Waals surface area contributed by atoms with Gasteiger partial charge >= 0.3 is 6.03 Å². The number of benzene rings is 1. The summed E-state index contributed by atoms with van der Waals surface area (Å²) < 4.78 is 10.2. The molecule has 3 amide bonds. The Morgan fingerprint density at radius 1 is 1.28 bits per heavy atom. The van der Waals surface area contributed by atoms with E-state index in [4.69, 9.17) is 9.47 Å². The van der Waals surface area contributed by atoms with Crippen LogP contribution in [0.5, 0.6) is 5.75 Å². The number of nitrogens with zero attached hydrogens (tertiary/aromatic N) is 1. The minimum absolute atomic E-state index is 0. The van der Waals surface area contributed by atoms with Gasteiger partial charge < -0.3 is 25.4 Å². The van der Waals surface area contributed by atoms with Crippen molar-refractivity contribution in [3.8, 4) is 5.75 Å². The Kier molecular flexibility index (Phi) is 9.04. The molecular formula is C16H25ClN4O4. The maximum atomic E-state index is 12.3. The maximum absolute atomic E-state index is 12.3.